The zero-order valence-corrected chi connectivity index (χ0v) is 12.6. The number of nitrogens with zero attached hydrogens (tertiary/aromatic N) is 2. The summed E-state index contributed by atoms with van der Waals surface area (Å²) in [6.07, 6.45) is 1.80. The molecule has 1 atom stereocenters. The maximum atomic E-state index is 9.74. The van der Waals surface area contributed by atoms with Crippen molar-refractivity contribution in [1.82, 2.24) is 4.90 Å². The van der Waals surface area contributed by atoms with Gasteiger partial charge < -0.3 is 5.11 Å². The van der Waals surface area contributed by atoms with Gasteiger partial charge in [-0.2, -0.15) is 5.26 Å². The average Bonchev–Trinajstić information content (AvgIpc) is 2.56. The van der Waals surface area contributed by atoms with Gasteiger partial charge in [-0.15, -0.1) is 0 Å². The lowest BCUT2D eigenvalue weighted by atomic mass is 9.99. The van der Waals surface area contributed by atoms with Crippen molar-refractivity contribution in [3.63, 3.8) is 0 Å². The molecule has 0 spiro atoms. The zero-order chi connectivity index (χ0) is 15.4. The summed E-state index contributed by atoms with van der Waals surface area (Å²) < 4.78 is 0. The molecule has 0 bridgehead atoms. The predicted molar refractivity (Wildman–Crippen MR) is 87.1 cm³/mol. The van der Waals surface area contributed by atoms with Crippen LogP contribution in [0.25, 0.3) is 11.1 Å². The lowest BCUT2D eigenvalue weighted by Crippen LogP contribution is -2.37. The number of hydrogen-bond donors (Lipinski definition) is 1. The van der Waals surface area contributed by atoms with E-state index in [2.05, 4.69) is 35.2 Å². The molecule has 1 fully saturated rings. The Bertz CT molecular complexity index is 673. The number of nitriles is 1. The Balaban J connectivity index is 1.74. The van der Waals surface area contributed by atoms with Gasteiger partial charge in [-0.1, -0.05) is 42.5 Å². The van der Waals surface area contributed by atoms with Crippen molar-refractivity contribution in [3.05, 3.63) is 59.7 Å². The minimum atomic E-state index is -0.185. The summed E-state index contributed by atoms with van der Waals surface area (Å²) in [6, 6.07) is 18.3. The van der Waals surface area contributed by atoms with Crippen LogP contribution in [0.5, 0.6) is 0 Å². The van der Waals surface area contributed by atoms with Gasteiger partial charge in [-0.05, 0) is 42.1 Å². The lowest BCUT2D eigenvalue weighted by molar-refractivity contribution is 0.0668. The van der Waals surface area contributed by atoms with Crippen LogP contribution in [0.4, 0.5) is 0 Å². The summed E-state index contributed by atoms with van der Waals surface area (Å²) in [5.74, 6) is 0. The largest absolute Gasteiger partial charge is 0.392 e. The van der Waals surface area contributed by atoms with E-state index in [4.69, 9.17) is 0 Å². The van der Waals surface area contributed by atoms with Gasteiger partial charge in [0.05, 0.1) is 17.7 Å². The Morgan fingerprint density at radius 3 is 2.64 bits per heavy atom. The second kappa shape index (κ2) is 6.74. The minimum Gasteiger partial charge on any atom is -0.392 e. The van der Waals surface area contributed by atoms with Gasteiger partial charge in [-0.3, -0.25) is 4.90 Å². The quantitative estimate of drug-likeness (QED) is 0.945. The Morgan fingerprint density at radius 2 is 1.91 bits per heavy atom. The third-order valence-electron chi connectivity index (χ3n) is 4.20. The molecular weight excluding hydrogens is 272 g/mol. The van der Waals surface area contributed by atoms with Gasteiger partial charge in [0, 0.05) is 13.1 Å². The van der Waals surface area contributed by atoms with Crippen molar-refractivity contribution < 1.29 is 5.11 Å². The Kier molecular flexibility index (Phi) is 4.53. The molecule has 2 aromatic carbocycles. The van der Waals surface area contributed by atoms with Gasteiger partial charge >= 0.3 is 0 Å². The third kappa shape index (κ3) is 3.36. The molecule has 1 aliphatic rings. The second-order valence-electron chi connectivity index (χ2n) is 5.89. The van der Waals surface area contributed by atoms with Crippen LogP contribution in [0.2, 0.25) is 0 Å². The summed E-state index contributed by atoms with van der Waals surface area (Å²) >= 11 is 0. The number of hydrogen-bond acceptors (Lipinski definition) is 3. The lowest BCUT2D eigenvalue weighted by Gasteiger charge is -2.30. The number of rotatable bonds is 3. The third-order valence-corrected chi connectivity index (χ3v) is 4.20. The highest BCUT2D eigenvalue weighted by Gasteiger charge is 2.17. The van der Waals surface area contributed by atoms with Gasteiger partial charge in [0.2, 0.25) is 0 Å². The number of piperidine rings is 1. The van der Waals surface area contributed by atoms with E-state index >= 15 is 0 Å². The molecule has 112 valence electrons. The molecule has 2 aromatic rings. The van der Waals surface area contributed by atoms with Crippen LogP contribution in [-0.4, -0.2) is 29.2 Å². The number of aliphatic hydroxyl groups is 1. The first kappa shape index (κ1) is 14.8. The maximum absolute atomic E-state index is 9.74. The molecule has 1 unspecified atom stereocenters. The summed E-state index contributed by atoms with van der Waals surface area (Å²) in [7, 11) is 0. The minimum absolute atomic E-state index is 0.185. The van der Waals surface area contributed by atoms with Crippen LogP contribution < -0.4 is 0 Å². The summed E-state index contributed by atoms with van der Waals surface area (Å²) in [4.78, 5) is 2.30. The monoisotopic (exact) mass is 292 g/mol. The number of likely N-dealkylation sites (tertiary alicyclic amines) is 1. The number of benzene rings is 2. The fourth-order valence-corrected chi connectivity index (χ4v) is 3.05. The molecule has 0 aromatic heterocycles. The Hall–Kier alpha value is -2.15. The first-order valence-corrected chi connectivity index (χ1v) is 7.75. The Labute approximate surface area is 131 Å². The van der Waals surface area contributed by atoms with E-state index in [-0.39, 0.29) is 6.10 Å². The molecular formula is C19H20N2O. The summed E-state index contributed by atoms with van der Waals surface area (Å²) in [5.41, 5.74) is 3.99. The topological polar surface area (TPSA) is 47.3 Å². The van der Waals surface area contributed by atoms with Crippen LogP contribution in [0, 0.1) is 11.3 Å². The van der Waals surface area contributed by atoms with E-state index in [1.165, 1.54) is 5.56 Å². The highest BCUT2D eigenvalue weighted by Crippen LogP contribution is 2.24. The molecule has 0 saturated carbocycles. The molecule has 0 amide bonds. The fraction of sp³-hybridized carbons (Fsp3) is 0.316. The van der Waals surface area contributed by atoms with Crippen LogP contribution in [0.3, 0.4) is 0 Å². The average molecular weight is 292 g/mol. The highest BCUT2D eigenvalue weighted by atomic mass is 16.3. The molecule has 22 heavy (non-hydrogen) atoms. The maximum Gasteiger partial charge on any atom is 0.0998 e. The van der Waals surface area contributed by atoms with E-state index in [0.717, 1.165) is 43.6 Å². The van der Waals surface area contributed by atoms with Gasteiger partial charge in [0.1, 0.15) is 0 Å². The van der Waals surface area contributed by atoms with Crippen molar-refractivity contribution in [2.75, 3.05) is 13.1 Å². The smallest absolute Gasteiger partial charge is 0.0998 e. The van der Waals surface area contributed by atoms with Gasteiger partial charge in [0.15, 0.2) is 0 Å². The van der Waals surface area contributed by atoms with Crippen molar-refractivity contribution >= 4 is 0 Å². The second-order valence-corrected chi connectivity index (χ2v) is 5.89. The standard InChI is InChI=1S/C19H20N2O/c20-12-17-4-1-2-6-19(17)16-9-7-15(8-10-16)13-21-11-3-5-18(22)14-21/h1-2,4,6-10,18,22H,3,5,11,13-14H2. The molecule has 1 N–H and O–H groups in total. The van der Waals surface area contributed by atoms with Crippen molar-refractivity contribution in [2.45, 2.75) is 25.5 Å². The fourth-order valence-electron chi connectivity index (χ4n) is 3.05. The zero-order valence-electron chi connectivity index (χ0n) is 12.6. The number of β-amino-alcohol motifs (C(OH)–C–C–N with tert-alkyl or cyclic N) is 1. The van der Waals surface area contributed by atoms with Crippen LogP contribution >= 0.6 is 0 Å². The summed E-state index contributed by atoms with van der Waals surface area (Å²) in [6.45, 7) is 2.69. The molecule has 1 heterocycles. The van der Waals surface area contributed by atoms with E-state index in [1.807, 2.05) is 24.3 Å². The van der Waals surface area contributed by atoms with E-state index in [9.17, 15) is 10.4 Å². The predicted octanol–water partition coefficient (Wildman–Crippen LogP) is 3.18. The van der Waals surface area contributed by atoms with Crippen molar-refractivity contribution in [3.8, 4) is 17.2 Å². The summed E-state index contributed by atoms with van der Waals surface area (Å²) in [5, 5.41) is 18.9. The van der Waals surface area contributed by atoms with E-state index in [0.29, 0.717) is 5.56 Å². The van der Waals surface area contributed by atoms with Gasteiger partial charge in [0.25, 0.3) is 0 Å². The van der Waals surface area contributed by atoms with Crippen LogP contribution in [0.1, 0.15) is 24.0 Å². The molecule has 1 aliphatic heterocycles. The molecule has 0 radical (unpaired) electrons. The van der Waals surface area contributed by atoms with E-state index < -0.39 is 0 Å². The van der Waals surface area contributed by atoms with E-state index in [1.54, 1.807) is 0 Å². The SMILES string of the molecule is N#Cc1ccccc1-c1ccc(CN2CCCC(O)C2)cc1. The highest BCUT2D eigenvalue weighted by molar-refractivity contribution is 5.70. The molecule has 3 rings (SSSR count). The normalized spacial score (nSPS) is 18.8. The molecule has 3 nitrogen and oxygen atoms in total. The van der Waals surface area contributed by atoms with Crippen molar-refractivity contribution in [1.29, 1.82) is 5.26 Å². The first-order valence-electron chi connectivity index (χ1n) is 7.75. The molecule has 0 aliphatic carbocycles. The van der Waals surface area contributed by atoms with Gasteiger partial charge in [-0.25, -0.2) is 0 Å². The first-order chi connectivity index (χ1) is 10.8. The Morgan fingerprint density at radius 1 is 1.14 bits per heavy atom. The molecule has 1 saturated heterocycles. The molecule has 3 heteroatoms. The van der Waals surface area contributed by atoms with Crippen LogP contribution in [-0.2, 0) is 6.54 Å². The number of aliphatic hydroxyl groups excluding tert-OH is 1. The van der Waals surface area contributed by atoms with Crippen LogP contribution in [0.15, 0.2) is 48.5 Å². The van der Waals surface area contributed by atoms with Crippen molar-refractivity contribution in [2.24, 2.45) is 0 Å².